The summed E-state index contributed by atoms with van der Waals surface area (Å²) in [5, 5.41) is 0. The van der Waals surface area contributed by atoms with E-state index in [0.29, 0.717) is 0 Å². The summed E-state index contributed by atoms with van der Waals surface area (Å²) < 4.78 is 10.7. The van der Waals surface area contributed by atoms with Crippen LogP contribution in [0.4, 0.5) is 5.69 Å². The van der Waals surface area contributed by atoms with Gasteiger partial charge in [-0.3, -0.25) is 0 Å². The number of nitrogens with zero attached hydrogens (tertiary/aromatic N) is 1. The Bertz CT molecular complexity index is 432. The molecule has 1 saturated heterocycles. The van der Waals surface area contributed by atoms with Gasteiger partial charge in [0.2, 0.25) is 0 Å². The number of hydrogen-bond acceptors (Lipinski definition) is 4. The Labute approximate surface area is 109 Å². The van der Waals surface area contributed by atoms with Crippen molar-refractivity contribution in [2.24, 2.45) is 5.73 Å². The molecule has 0 saturated carbocycles. The quantitative estimate of drug-likeness (QED) is 0.891. The molecule has 2 N–H and O–H groups in total. The van der Waals surface area contributed by atoms with Crippen molar-refractivity contribution in [1.29, 1.82) is 0 Å². The molecule has 2 rings (SSSR count). The Morgan fingerprint density at radius 1 is 1.28 bits per heavy atom. The Morgan fingerprint density at radius 3 is 2.50 bits per heavy atom. The summed E-state index contributed by atoms with van der Waals surface area (Å²) in [5.74, 6) is 1.63. The molecule has 1 aromatic carbocycles. The predicted octanol–water partition coefficient (Wildman–Crippen LogP) is 2.02. The molecule has 0 spiro atoms. The zero-order valence-corrected chi connectivity index (χ0v) is 11.6. The zero-order valence-electron chi connectivity index (χ0n) is 11.6. The average Bonchev–Trinajstić information content (AvgIpc) is 2.63. The van der Waals surface area contributed by atoms with E-state index in [1.807, 2.05) is 18.2 Å². The summed E-state index contributed by atoms with van der Waals surface area (Å²) in [5.41, 5.74) is 7.21. The van der Waals surface area contributed by atoms with Crippen molar-refractivity contribution < 1.29 is 9.47 Å². The van der Waals surface area contributed by atoms with Gasteiger partial charge in [-0.15, -0.1) is 0 Å². The fourth-order valence-corrected chi connectivity index (χ4v) is 2.55. The lowest BCUT2D eigenvalue weighted by Crippen LogP contribution is -2.49. The molecule has 4 nitrogen and oxygen atoms in total. The van der Waals surface area contributed by atoms with E-state index in [0.717, 1.165) is 30.2 Å². The van der Waals surface area contributed by atoms with Crippen molar-refractivity contribution in [2.45, 2.75) is 31.8 Å². The van der Waals surface area contributed by atoms with Gasteiger partial charge in [-0.25, -0.2) is 0 Å². The summed E-state index contributed by atoms with van der Waals surface area (Å²) in [6.07, 6.45) is 1.00. The van der Waals surface area contributed by atoms with E-state index in [9.17, 15) is 0 Å². The van der Waals surface area contributed by atoms with Gasteiger partial charge in [-0.05, 0) is 32.4 Å². The van der Waals surface area contributed by atoms with Crippen LogP contribution >= 0.6 is 0 Å². The smallest absolute Gasteiger partial charge is 0.145 e. The molecule has 1 aliphatic heterocycles. The van der Waals surface area contributed by atoms with Gasteiger partial charge in [0.15, 0.2) is 0 Å². The van der Waals surface area contributed by atoms with Gasteiger partial charge in [0.05, 0.1) is 19.9 Å². The van der Waals surface area contributed by atoms with Crippen LogP contribution in [-0.4, -0.2) is 32.3 Å². The third kappa shape index (κ3) is 2.01. The minimum absolute atomic E-state index is 0.0537. The number of benzene rings is 1. The zero-order chi connectivity index (χ0) is 13.3. The molecule has 100 valence electrons. The summed E-state index contributed by atoms with van der Waals surface area (Å²) in [6.45, 7) is 5.31. The van der Waals surface area contributed by atoms with Gasteiger partial charge >= 0.3 is 0 Å². The monoisotopic (exact) mass is 250 g/mol. The highest BCUT2D eigenvalue weighted by atomic mass is 16.5. The Balaban J connectivity index is 2.39. The molecule has 4 heteroatoms. The molecule has 0 amide bonds. The van der Waals surface area contributed by atoms with Crippen molar-refractivity contribution in [3.8, 4) is 11.5 Å². The highest BCUT2D eigenvalue weighted by molar-refractivity contribution is 5.63. The molecule has 0 aromatic heterocycles. The van der Waals surface area contributed by atoms with Crippen LogP contribution in [0.5, 0.6) is 11.5 Å². The fraction of sp³-hybridized carbons (Fsp3) is 0.571. The molecular formula is C14H22N2O2. The van der Waals surface area contributed by atoms with Crippen LogP contribution < -0.4 is 20.1 Å². The SMILES string of the molecule is COc1ccc(N2CCC(N)C2(C)C)c(OC)c1. The molecule has 0 bridgehead atoms. The number of anilines is 1. The second-order valence-electron chi connectivity index (χ2n) is 5.24. The first kappa shape index (κ1) is 13.0. The number of methoxy groups -OCH3 is 2. The molecule has 0 aliphatic carbocycles. The highest BCUT2D eigenvalue weighted by Gasteiger charge is 2.40. The van der Waals surface area contributed by atoms with Crippen molar-refractivity contribution in [2.75, 3.05) is 25.7 Å². The Hall–Kier alpha value is -1.42. The standard InChI is InChI=1S/C14H22N2O2/c1-14(2)13(15)7-8-16(14)11-6-5-10(17-3)9-12(11)18-4/h5-6,9,13H,7-8,15H2,1-4H3. The Morgan fingerprint density at radius 2 is 2.00 bits per heavy atom. The van der Waals surface area contributed by atoms with Crippen molar-refractivity contribution in [1.82, 2.24) is 0 Å². The van der Waals surface area contributed by atoms with Crippen LogP contribution in [-0.2, 0) is 0 Å². The first-order chi connectivity index (χ1) is 8.50. The molecule has 1 unspecified atom stereocenters. The van der Waals surface area contributed by atoms with Crippen LogP contribution in [0, 0.1) is 0 Å². The van der Waals surface area contributed by atoms with Gasteiger partial charge in [0.25, 0.3) is 0 Å². The average molecular weight is 250 g/mol. The van der Waals surface area contributed by atoms with Gasteiger partial charge in [0.1, 0.15) is 11.5 Å². The van der Waals surface area contributed by atoms with Gasteiger partial charge < -0.3 is 20.1 Å². The van der Waals surface area contributed by atoms with E-state index in [2.05, 4.69) is 18.7 Å². The maximum Gasteiger partial charge on any atom is 0.145 e. The first-order valence-corrected chi connectivity index (χ1v) is 6.26. The lowest BCUT2D eigenvalue weighted by atomic mass is 9.96. The first-order valence-electron chi connectivity index (χ1n) is 6.26. The molecule has 1 aliphatic rings. The molecule has 1 heterocycles. The summed E-state index contributed by atoms with van der Waals surface area (Å²) in [6, 6.07) is 6.09. The minimum atomic E-state index is -0.0537. The van der Waals surface area contributed by atoms with E-state index in [1.54, 1.807) is 14.2 Å². The molecule has 0 radical (unpaired) electrons. The third-order valence-electron chi connectivity index (χ3n) is 3.94. The number of ether oxygens (including phenoxy) is 2. The molecular weight excluding hydrogens is 228 g/mol. The highest BCUT2D eigenvalue weighted by Crippen LogP contribution is 2.39. The summed E-state index contributed by atoms with van der Waals surface area (Å²) >= 11 is 0. The van der Waals surface area contributed by atoms with Crippen LogP contribution in [0.1, 0.15) is 20.3 Å². The lowest BCUT2D eigenvalue weighted by molar-refractivity contribution is 0.390. The second-order valence-corrected chi connectivity index (χ2v) is 5.24. The molecule has 1 fully saturated rings. The van der Waals surface area contributed by atoms with E-state index in [1.165, 1.54) is 0 Å². The van der Waals surface area contributed by atoms with Crippen LogP contribution in [0.15, 0.2) is 18.2 Å². The van der Waals surface area contributed by atoms with Gasteiger partial charge in [-0.2, -0.15) is 0 Å². The summed E-state index contributed by atoms with van der Waals surface area (Å²) in [7, 11) is 3.34. The van der Waals surface area contributed by atoms with E-state index in [4.69, 9.17) is 15.2 Å². The van der Waals surface area contributed by atoms with E-state index < -0.39 is 0 Å². The molecule has 1 aromatic rings. The van der Waals surface area contributed by atoms with E-state index >= 15 is 0 Å². The predicted molar refractivity (Wildman–Crippen MR) is 73.6 cm³/mol. The Kier molecular flexibility index (Phi) is 3.39. The van der Waals surface area contributed by atoms with Crippen molar-refractivity contribution in [3.63, 3.8) is 0 Å². The van der Waals surface area contributed by atoms with Crippen LogP contribution in [0.3, 0.4) is 0 Å². The normalized spacial score (nSPS) is 22.1. The molecule has 1 atom stereocenters. The lowest BCUT2D eigenvalue weighted by Gasteiger charge is -2.37. The largest absolute Gasteiger partial charge is 0.497 e. The maximum absolute atomic E-state index is 6.18. The summed E-state index contributed by atoms with van der Waals surface area (Å²) in [4.78, 5) is 2.32. The van der Waals surface area contributed by atoms with Gasteiger partial charge in [-0.1, -0.05) is 0 Å². The number of hydrogen-bond donors (Lipinski definition) is 1. The molecule has 18 heavy (non-hydrogen) atoms. The van der Waals surface area contributed by atoms with Crippen LogP contribution in [0.2, 0.25) is 0 Å². The third-order valence-corrected chi connectivity index (χ3v) is 3.94. The number of nitrogens with two attached hydrogens (primary N) is 1. The van der Waals surface area contributed by atoms with Crippen molar-refractivity contribution >= 4 is 5.69 Å². The van der Waals surface area contributed by atoms with Crippen molar-refractivity contribution in [3.05, 3.63) is 18.2 Å². The fourth-order valence-electron chi connectivity index (χ4n) is 2.55. The topological polar surface area (TPSA) is 47.7 Å². The van der Waals surface area contributed by atoms with Gasteiger partial charge in [0, 0.05) is 24.2 Å². The minimum Gasteiger partial charge on any atom is -0.497 e. The number of rotatable bonds is 3. The second kappa shape index (κ2) is 4.69. The maximum atomic E-state index is 6.18. The van der Waals surface area contributed by atoms with E-state index in [-0.39, 0.29) is 11.6 Å². The van der Waals surface area contributed by atoms with Crippen LogP contribution in [0.25, 0.3) is 0 Å².